The van der Waals surface area contributed by atoms with Crippen LogP contribution < -0.4 is 11.3 Å². The van der Waals surface area contributed by atoms with Gasteiger partial charge in [-0.05, 0) is 6.08 Å². The van der Waals surface area contributed by atoms with E-state index in [1.807, 2.05) is 0 Å². The van der Waals surface area contributed by atoms with Gasteiger partial charge in [0.1, 0.15) is 0 Å². The summed E-state index contributed by atoms with van der Waals surface area (Å²) in [5, 5.41) is 1.79. The lowest BCUT2D eigenvalue weighted by Gasteiger charge is -2.21. The molecule has 0 amide bonds. The van der Waals surface area contributed by atoms with Gasteiger partial charge in [0.15, 0.2) is 5.78 Å². The van der Waals surface area contributed by atoms with Gasteiger partial charge in [0.2, 0.25) is 0 Å². The van der Waals surface area contributed by atoms with Gasteiger partial charge in [-0.1, -0.05) is 0 Å². The molecule has 5 heteroatoms. The Labute approximate surface area is 75.8 Å². The molecule has 0 saturated carbocycles. The zero-order valence-electron chi connectivity index (χ0n) is 7.12. The van der Waals surface area contributed by atoms with Gasteiger partial charge in [-0.15, -0.1) is 5.59 Å². The molecule has 0 atom stereocenters. The third-order valence-corrected chi connectivity index (χ3v) is 1.99. The number of carbonyl (C=O) groups is 1. The smallest absolute Gasteiger partial charge is 0.161 e. The Hall–Kier alpha value is -1.33. The second kappa shape index (κ2) is 3.20. The van der Waals surface area contributed by atoms with E-state index in [2.05, 4.69) is 5.59 Å². The number of nitrogens with two attached hydrogens (primary N) is 1. The number of nitrogens with one attached hydrogen (secondary N) is 1. The summed E-state index contributed by atoms with van der Waals surface area (Å²) in [4.78, 5) is 15.9. The molecule has 3 N–H and O–H groups in total. The summed E-state index contributed by atoms with van der Waals surface area (Å²) in [5.41, 5.74) is 9.71. The van der Waals surface area contributed by atoms with Crippen molar-refractivity contribution in [3.8, 4) is 0 Å². The third-order valence-electron chi connectivity index (χ3n) is 1.99. The molecule has 1 aliphatic heterocycles. The van der Waals surface area contributed by atoms with Crippen molar-refractivity contribution in [1.82, 2.24) is 10.6 Å². The molecule has 0 radical (unpaired) electrons. The fourth-order valence-electron chi connectivity index (χ4n) is 1.36. The number of hydrazine groups is 1. The van der Waals surface area contributed by atoms with Gasteiger partial charge >= 0.3 is 0 Å². The normalized spacial score (nSPS) is 23.1. The molecular weight excluding hydrogens is 170 g/mol. The quantitative estimate of drug-likeness (QED) is 0.567. The second-order valence-electron chi connectivity index (χ2n) is 2.95. The first-order chi connectivity index (χ1) is 6.27. The summed E-state index contributed by atoms with van der Waals surface area (Å²) in [6.07, 6.45) is 3.67. The Morgan fingerprint density at radius 1 is 1.62 bits per heavy atom. The van der Waals surface area contributed by atoms with Crippen LogP contribution in [0.25, 0.3) is 0 Å². The van der Waals surface area contributed by atoms with Crippen molar-refractivity contribution < 1.29 is 9.63 Å². The first-order valence-corrected chi connectivity index (χ1v) is 4.13. The predicted octanol–water partition coefficient (Wildman–Crippen LogP) is -0.562. The van der Waals surface area contributed by atoms with Crippen molar-refractivity contribution in [3.63, 3.8) is 0 Å². The van der Waals surface area contributed by atoms with Gasteiger partial charge in [-0.2, -0.15) is 0 Å². The van der Waals surface area contributed by atoms with Crippen LogP contribution in [0.3, 0.4) is 0 Å². The molecule has 13 heavy (non-hydrogen) atoms. The molecule has 0 aromatic carbocycles. The molecular formula is C8H11N3O2. The zero-order chi connectivity index (χ0) is 9.26. The molecule has 2 aliphatic rings. The van der Waals surface area contributed by atoms with Crippen molar-refractivity contribution in [1.29, 1.82) is 0 Å². The SMILES string of the molecule is NC1=CC(=O)CC=C1N1CCON1. The maximum Gasteiger partial charge on any atom is 0.161 e. The highest BCUT2D eigenvalue weighted by atomic mass is 16.7. The van der Waals surface area contributed by atoms with Crippen LogP contribution in [0.1, 0.15) is 6.42 Å². The molecule has 2 rings (SSSR count). The topological polar surface area (TPSA) is 67.6 Å². The van der Waals surface area contributed by atoms with Crippen molar-refractivity contribution in [3.05, 3.63) is 23.5 Å². The van der Waals surface area contributed by atoms with Crippen LogP contribution in [0, 0.1) is 0 Å². The number of rotatable bonds is 1. The van der Waals surface area contributed by atoms with Gasteiger partial charge in [-0.3, -0.25) is 14.6 Å². The van der Waals surface area contributed by atoms with Gasteiger partial charge < -0.3 is 5.73 Å². The minimum Gasteiger partial charge on any atom is -0.397 e. The van der Waals surface area contributed by atoms with Crippen LogP contribution in [0.15, 0.2) is 23.5 Å². The minimum absolute atomic E-state index is 0.0429. The third kappa shape index (κ3) is 1.56. The van der Waals surface area contributed by atoms with Crippen LogP contribution >= 0.6 is 0 Å². The molecule has 0 unspecified atom stereocenters. The number of hydrogen-bond donors (Lipinski definition) is 2. The van der Waals surface area contributed by atoms with E-state index in [0.29, 0.717) is 18.7 Å². The van der Waals surface area contributed by atoms with Crippen molar-refractivity contribution >= 4 is 5.78 Å². The van der Waals surface area contributed by atoms with Gasteiger partial charge in [0, 0.05) is 12.5 Å². The van der Waals surface area contributed by atoms with E-state index in [4.69, 9.17) is 10.6 Å². The molecule has 1 saturated heterocycles. The lowest BCUT2D eigenvalue weighted by Crippen LogP contribution is -2.33. The second-order valence-corrected chi connectivity index (χ2v) is 2.95. The molecule has 0 aromatic heterocycles. The van der Waals surface area contributed by atoms with Crippen LogP contribution in [-0.2, 0) is 9.63 Å². The largest absolute Gasteiger partial charge is 0.397 e. The number of allylic oxidation sites excluding steroid dienone is 2. The summed E-state index contributed by atoms with van der Waals surface area (Å²) in [7, 11) is 0. The number of ketones is 1. The number of carbonyl (C=O) groups excluding carboxylic acids is 1. The van der Waals surface area contributed by atoms with E-state index in [0.717, 1.165) is 12.2 Å². The van der Waals surface area contributed by atoms with Crippen molar-refractivity contribution in [2.75, 3.05) is 13.2 Å². The monoisotopic (exact) mass is 181 g/mol. The van der Waals surface area contributed by atoms with Gasteiger partial charge in [0.05, 0.1) is 24.5 Å². The molecule has 0 spiro atoms. The Morgan fingerprint density at radius 3 is 3.08 bits per heavy atom. The highest BCUT2D eigenvalue weighted by Crippen LogP contribution is 2.16. The fourth-order valence-corrected chi connectivity index (χ4v) is 1.36. The molecule has 0 bridgehead atoms. The van der Waals surface area contributed by atoms with Crippen LogP contribution in [0.5, 0.6) is 0 Å². The van der Waals surface area contributed by atoms with Crippen molar-refractivity contribution in [2.45, 2.75) is 6.42 Å². The first kappa shape index (κ1) is 8.28. The van der Waals surface area contributed by atoms with Gasteiger partial charge in [0.25, 0.3) is 0 Å². The average Bonchev–Trinajstić information content (AvgIpc) is 2.56. The Morgan fingerprint density at radius 2 is 2.46 bits per heavy atom. The molecule has 0 aromatic rings. The van der Waals surface area contributed by atoms with E-state index < -0.39 is 0 Å². The van der Waals surface area contributed by atoms with Gasteiger partial charge in [-0.25, -0.2) is 0 Å². The maximum atomic E-state index is 11.0. The first-order valence-electron chi connectivity index (χ1n) is 4.13. The predicted molar refractivity (Wildman–Crippen MR) is 45.8 cm³/mol. The summed E-state index contributed by atoms with van der Waals surface area (Å²) >= 11 is 0. The zero-order valence-corrected chi connectivity index (χ0v) is 7.12. The van der Waals surface area contributed by atoms with Crippen LogP contribution in [-0.4, -0.2) is 23.9 Å². The van der Waals surface area contributed by atoms with Crippen molar-refractivity contribution in [2.24, 2.45) is 5.73 Å². The Bertz CT molecular complexity index is 290. The molecule has 1 aliphatic carbocycles. The van der Waals surface area contributed by atoms with Crippen LogP contribution in [0.4, 0.5) is 0 Å². The van der Waals surface area contributed by atoms with E-state index in [1.54, 1.807) is 11.1 Å². The van der Waals surface area contributed by atoms with E-state index >= 15 is 0 Å². The summed E-state index contributed by atoms with van der Waals surface area (Å²) < 4.78 is 0. The molecule has 1 heterocycles. The molecule has 70 valence electrons. The Balaban J connectivity index is 2.15. The lowest BCUT2D eigenvalue weighted by atomic mass is 10.1. The Kier molecular flexibility index (Phi) is 2.03. The van der Waals surface area contributed by atoms with E-state index in [1.165, 1.54) is 6.08 Å². The van der Waals surface area contributed by atoms with E-state index in [9.17, 15) is 4.79 Å². The minimum atomic E-state index is 0.0429. The summed E-state index contributed by atoms with van der Waals surface area (Å²) in [5.74, 6) is 0.0429. The maximum absolute atomic E-state index is 11.0. The summed E-state index contributed by atoms with van der Waals surface area (Å²) in [6.45, 7) is 1.37. The van der Waals surface area contributed by atoms with Crippen LogP contribution in [0.2, 0.25) is 0 Å². The highest BCUT2D eigenvalue weighted by Gasteiger charge is 2.20. The number of hydrogen-bond acceptors (Lipinski definition) is 5. The fraction of sp³-hybridized carbons (Fsp3) is 0.375. The van der Waals surface area contributed by atoms with E-state index in [-0.39, 0.29) is 5.78 Å². The standard InChI is InChI=1S/C8H11N3O2/c9-7-5-6(12)1-2-8(7)11-3-4-13-10-11/h2,5,10H,1,3-4,9H2. The molecule has 1 fully saturated rings. The number of nitrogens with zero attached hydrogens (tertiary/aromatic N) is 1. The lowest BCUT2D eigenvalue weighted by molar-refractivity contribution is -0.114. The summed E-state index contributed by atoms with van der Waals surface area (Å²) in [6, 6.07) is 0. The molecule has 5 nitrogen and oxygen atoms in total. The highest BCUT2D eigenvalue weighted by molar-refractivity contribution is 5.93. The average molecular weight is 181 g/mol.